The highest BCUT2D eigenvalue weighted by atomic mass is 16.6. The molecule has 4 nitrogen and oxygen atoms in total. The van der Waals surface area contributed by atoms with Crippen LogP contribution in [-0.2, 0) is 21.0 Å². The van der Waals surface area contributed by atoms with E-state index in [4.69, 9.17) is 4.84 Å². The Morgan fingerprint density at radius 2 is 1.85 bits per heavy atom. The van der Waals surface area contributed by atoms with E-state index in [9.17, 15) is 9.59 Å². The van der Waals surface area contributed by atoms with Gasteiger partial charge in [-0.25, -0.2) is 5.48 Å². The maximum atomic E-state index is 12.1. The first-order valence-corrected chi connectivity index (χ1v) is 6.79. The SMILES string of the molecule is CC(=O)C(C)CC(C)(C)C(=O)NOCc1ccccc1. The van der Waals surface area contributed by atoms with Crippen molar-refractivity contribution in [1.82, 2.24) is 5.48 Å². The van der Waals surface area contributed by atoms with Gasteiger partial charge < -0.3 is 0 Å². The number of Topliss-reactive ketones (excluding diaryl/α,β-unsaturated/α-hetero) is 1. The third kappa shape index (κ3) is 5.13. The van der Waals surface area contributed by atoms with Gasteiger partial charge in [0.15, 0.2) is 0 Å². The van der Waals surface area contributed by atoms with Crippen LogP contribution in [0.1, 0.15) is 39.7 Å². The van der Waals surface area contributed by atoms with Crippen LogP contribution in [0.15, 0.2) is 30.3 Å². The van der Waals surface area contributed by atoms with Gasteiger partial charge in [-0.05, 0) is 18.9 Å². The number of carbonyl (C=O) groups is 2. The molecule has 0 aliphatic heterocycles. The van der Waals surface area contributed by atoms with Crippen LogP contribution >= 0.6 is 0 Å². The summed E-state index contributed by atoms with van der Waals surface area (Å²) < 4.78 is 0. The van der Waals surface area contributed by atoms with Crippen molar-refractivity contribution in [3.63, 3.8) is 0 Å². The van der Waals surface area contributed by atoms with Gasteiger partial charge in [0.25, 0.3) is 0 Å². The summed E-state index contributed by atoms with van der Waals surface area (Å²) in [5, 5.41) is 0. The summed E-state index contributed by atoms with van der Waals surface area (Å²) in [6.45, 7) is 7.33. The quantitative estimate of drug-likeness (QED) is 0.780. The van der Waals surface area contributed by atoms with E-state index in [1.54, 1.807) is 6.92 Å². The van der Waals surface area contributed by atoms with E-state index in [0.717, 1.165) is 5.56 Å². The molecule has 0 aromatic heterocycles. The summed E-state index contributed by atoms with van der Waals surface area (Å²) in [7, 11) is 0. The number of carbonyl (C=O) groups excluding carboxylic acids is 2. The highest BCUT2D eigenvalue weighted by Crippen LogP contribution is 2.26. The van der Waals surface area contributed by atoms with Crippen molar-refractivity contribution in [2.24, 2.45) is 11.3 Å². The number of hydrogen-bond donors (Lipinski definition) is 1. The van der Waals surface area contributed by atoms with Crippen LogP contribution in [0.25, 0.3) is 0 Å². The van der Waals surface area contributed by atoms with Gasteiger partial charge in [0.1, 0.15) is 5.78 Å². The molecular weight excluding hydrogens is 254 g/mol. The van der Waals surface area contributed by atoms with E-state index >= 15 is 0 Å². The number of nitrogens with one attached hydrogen (secondary N) is 1. The number of ketones is 1. The Bertz CT molecular complexity index is 454. The van der Waals surface area contributed by atoms with Crippen molar-refractivity contribution in [2.45, 2.75) is 40.7 Å². The molecule has 110 valence electrons. The molecule has 0 aliphatic rings. The van der Waals surface area contributed by atoms with Crippen molar-refractivity contribution in [3.05, 3.63) is 35.9 Å². The summed E-state index contributed by atoms with van der Waals surface area (Å²) in [6.07, 6.45) is 0.503. The van der Waals surface area contributed by atoms with Crippen LogP contribution in [-0.4, -0.2) is 11.7 Å². The molecule has 1 rings (SSSR count). The Hall–Kier alpha value is -1.68. The molecule has 0 fully saturated rings. The Kier molecular flexibility index (Phi) is 5.89. The standard InChI is InChI=1S/C16H23NO3/c1-12(13(2)18)10-16(3,4)15(19)17-20-11-14-8-6-5-7-9-14/h5-9,12H,10-11H2,1-4H3,(H,17,19). The number of benzene rings is 1. The third-order valence-electron chi connectivity index (χ3n) is 3.37. The molecule has 0 aliphatic carbocycles. The van der Waals surface area contributed by atoms with E-state index in [1.165, 1.54) is 0 Å². The molecule has 1 unspecified atom stereocenters. The van der Waals surface area contributed by atoms with E-state index in [2.05, 4.69) is 5.48 Å². The van der Waals surface area contributed by atoms with Crippen molar-refractivity contribution >= 4 is 11.7 Å². The second-order valence-corrected chi connectivity index (χ2v) is 5.81. The van der Waals surface area contributed by atoms with Gasteiger partial charge in [0.2, 0.25) is 5.91 Å². The summed E-state index contributed by atoms with van der Waals surface area (Å²) in [5.41, 5.74) is 2.82. The fourth-order valence-corrected chi connectivity index (χ4v) is 1.90. The minimum absolute atomic E-state index is 0.0936. The lowest BCUT2D eigenvalue weighted by Crippen LogP contribution is -2.38. The van der Waals surface area contributed by atoms with Gasteiger partial charge in [0.05, 0.1) is 6.61 Å². The molecule has 1 atom stereocenters. The first kappa shape index (κ1) is 16.4. The topological polar surface area (TPSA) is 55.4 Å². The lowest BCUT2D eigenvalue weighted by Gasteiger charge is -2.25. The van der Waals surface area contributed by atoms with Crippen LogP contribution < -0.4 is 5.48 Å². The second kappa shape index (κ2) is 7.20. The molecule has 0 radical (unpaired) electrons. The van der Waals surface area contributed by atoms with Gasteiger partial charge in [-0.15, -0.1) is 0 Å². The maximum Gasteiger partial charge on any atom is 0.249 e. The molecule has 20 heavy (non-hydrogen) atoms. The lowest BCUT2D eigenvalue weighted by atomic mass is 9.81. The molecule has 0 spiro atoms. The summed E-state index contributed by atoms with van der Waals surface area (Å²) in [5.74, 6) is -0.248. The normalized spacial score (nSPS) is 12.8. The molecule has 0 bridgehead atoms. The fraction of sp³-hybridized carbons (Fsp3) is 0.500. The minimum atomic E-state index is -0.637. The van der Waals surface area contributed by atoms with E-state index in [0.29, 0.717) is 13.0 Å². The maximum absolute atomic E-state index is 12.1. The van der Waals surface area contributed by atoms with Crippen molar-refractivity contribution in [3.8, 4) is 0 Å². The Balaban J connectivity index is 2.43. The lowest BCUT2D eigenvalue weighted by molar-refractivity contribution is -0.144. The fourth-order valence-electron chi connectivity index (χ4n) is 1.90. The molecule has 1 N–H and O–H groups in total. The van der Waals surface area contributed by atoms with Crippen LogP contribution in [0.4, 0.5) is 0 Å². The van der Waals surface area contributed by atoms with Gasteiger partial charge in [0, 0.05) is 11.3 Å². The average molecular weight is 277 g/mol. The van der Waals surface area contributed by atoms with Gasteiger partial charge in [-0.1, -0.05) is 51.1 Å². The number of hydroxylamine groups is 1. The summed E-state index contributed by atoms with van der Waals surface area (Å²) >= 11 is 0. The molecule has 0 heterocycles. The monoisotopic (exact) mass is 277 g/mol. The van der Waals surface area contributed by atoms with Crippen LogP contribution in [0.3, 0.4) is 0 Å². The number of amides is 1. The largest absolute Gasteiger partial charge is 0.300 e. The van der Waals surface area contributed by atoms with Gasteiger partial charge >= 0.3 is 0 Å². The van der Waals surface area contributed by atoms with E-state index in [1.807, 2.05) is 51.1 Å². The third-order valence-corrected chi connectivity index (χ3v) is 3.37. The predicted molar refractivity (Wildman–Crippen MR) is 77.6 cm³/mol. The van der Waals surface area contributed by atoms with Crippen molar-refractivity contribution < 1.29 is 14.4 Å². The molecule has 0 saturated carbocycles. The van der Waals surface area contributed by atoms with Crippen LogP contribution in [0.2, 0.25) is 0 Å². The average Bonchev–Trinajstić information content (AvgIpc) is 2.39. The Labute approximate surface area is 120 Å². The molecular formula is C16H23NO3. The van der Waals surface area contributed by atoms with Crippen LogP contribution in [0, 0.1) is 11.3 Å². The number of hydrogen-bond acceptors (Lipinski definition) is 3. The highest BCUT2D eigenvalue weighted by molar-refractivity contribution is 5.83. The predicted octanol–water partition coefficient (Wildman–Crippen LogP) is 2.88. The van der Waals surface area contributed by atoms with Gasteiger partial charge in [-0.3, -0.25) is 14.4 Å². The van der Waals surface area contributed by atoms with Crippen molar-refractivity contribution in [1.29, 1.82) is 0 Å². The first-order valence-electron chi connectivity index (χ1n) is 6.79. The molecule has 0 saturated heterocycles. The Morgan fingerprint density at radius 3 is 2.40 bits per heavy atom. The zero-order chi connectivity index (χ0) is 15.2. The number of rotatable bonds is 7. The van der Waals surface area contributed by atoms with Gasteiger partial charge in [-0.2, -0.15) is 0 Å². The first-order chi connectivity index (χ1) is 9.33. The summed E-state index contributed by atoms with van der Waals surface area (Å²) in [4.78, 5) is 28.6. The second-order valence-electron chi connectivity index (χ2n) is 5.81. The van der Waals surface area contributed by atoms with Crippen molar-refractivity contribution in [2.75, 3.05) is 0 Å². The molecule has 1 amide bonds. The molecule has 1 aromatic rings. The zero-order valence-electron chi connectivity index (χ0n) is 12.6. The zero-order valence-corrected chi connectivity index (χ0v) is 12.6. The summed E-state index contributed by atoms with van der Waals surface area (Å²) in [6, 6.07) is 9.61. The van der Waals surface area contributed by atoms with Crippen LogP contribution in [0.5, 0.6) is 0 Å². The van der Waals surface area contributed by atoms with E-state index in [-0.39, 0.29) is 17.6 Å². The smallest absolute Gasteiger partial charge is 0.249 e. The minimum Gasteiger partial charge on any atom is -0.300 e. The molecule has 1 aromatic carbocycles. The highest BCUT2D eigenvalue weighted by Gasteiger charge is 2.31. The van der Waals surface area contributed by atoms with E-state index < -0.39 is 5.41 Å². The molecule has 4 heteroatoms. The Morgan fingerprint density at radius 1 is 1.25 bits per heavy atom.